The molecule has 2 N–H and O–H groups in total. The number of hydrogen-bond acceptors (Lipinski definition) is 11. The first-order chi connectivity index (χ1) is 25.9. The quantitative estimate of drug-likeness (QED) is 0.0800. The van der Waals surface area contributed by atoms with Crippen molar-refractivity contribution in [1.82, 2.24) is 5.32 Å². The minimum Gasteiger partial charge on any atom is -0.463 e. The van der Waals surface area contributed by atoms with Crippen molar-refractivity contribution in [2.45, 2.75) is 92.5 Å². The van der Waals surface area contributed by atoms with Crippen LogP contribution in [0.3, 0.4) is 0 Å². The monoisotopic (exact) mass is 757 g/mol. The van der Waals surface area contributed by atoms with Crippen LogP contribution in [-0.4, -0.2) is 73.0 Å². The number of ketones is 2. The first kappa shape index (κ1) is 42.1. The second kappa shape index (κ2) is 18.1. The van der Waals surface area contributed by atoms with Crippen LogP contribution < -0.4 is 10.6 Å². The lowest BCUT2D eigenvalue weighted by Gasteiger charge is -2.45. The summed E-state index contributed by atoms with van der Waals surface area (Å²) < 4.78 is 23.8. The van der Waals surface area contributed by atoms with Gasteiger partial charge in [-0.2, -0.15) is 0 Å². The van der Waals surface area contributed by atoms with Crippen molar-refractivity contribution in [2.75, 3.05) is 18.5 Å². The van der Waals surface area contributed by atoms with Crippen LogP contribution in [-0.2, 0) is 47.7 Å². The summed E-state index contributed by atoms with van der Waals surface area (Å²) in [6.45, 7) is 11.8. The van der Waals surface area contributed by atoms with Crippen molar-refractivity contribution in [3.8, 4) is 0 Å². The fraction of sp³-hybridized carbons (Fsp3) is 0.450. The summed E-state index contributed by atoms with van der Waals surface area (Å²) in [5.41, 5.74) is 11.1. The molecule has 15 heteroatoms. The maximum atomic E-state index is 13.3. The molecule has 0 aromatic heterocycles. The normalized spacial score (nSPS) is 22.0. The molecule has 6 atom stereocenters. The van der Waals surface area contributed by atoms with Gasteiger partial charge in [0.05, 0.1) is 6.04 Å². The van der Waals surface area contributed by atoms with Gasteiger partial charge < -0.3 is 29.6 Å². The second-order valence-electron chi connectivity index (χ2n) is 14.3. The van der Waals surface area contributed by atoms with E-state index < -0.39 is 66.4 Å². The first-order valence-electron chi connectivity index (χ1n) is 17.8. The highest BCUT2D eigenvalue weighted by atomic mass is 16.7. The Morgan fingerprint density at radius 3 is 2.11 bits per heavy atom. The topological polar surface area (TPSA) is 212 Å². The van der Waals surface area contributed by atoms with Gasteiger partial charge in [-0.15, -0.1) is 0 Å². The molecule has 0 saturated carbocycles. The van der Waals surface area contributed by atoms with Gasteiger partial charge in [0.25, 0.3) is 0 Å². The van der Waals surface area contributed by atoms with E-state index in [-0.39, 0.29) is 30.5 Å². The van der Waals surface area contributed by atoms with E-state index in [4.69, 9.17) is 24.5 Å². The van der Waals surface area contributed by atoms with Gasteiger partial charge in [-0.1, -0.05) is 68.4 Å². The number of anilines is 1. The summed E-state index contributed by atoms with van der Waals surface area (Å²) in [7, 11) is 0. The molecule has 2 aromatic rings. The molecule has 1 fully saturated rings. The van der Waals surface area contributed by atoms with E-state index in [9.17, 15) is 28.8 Å². The Kier molecular flexibility index (Phi) is 13.9. The number of nitrogens with zero attached hydrogens (tertiary/aromatic N) is 3. The third-order valence-electron chi connectivity index (χ3n) is 9.75. The molecule has 2 aromatic carbocycles. The number of nitrogens with one attached hydrogen (secondary N) is 2. The molecule has 15 nitrogen and oxygen atoms in total. The van der Waals surface area contributed by atoms with Crippen molar-refractivity contribution in [3.05, 3.63) is 98.5 Å². The van der Waals surface area contributed by atoms with Gasteiger partial charge in [0.1, 0.15) is 31.5 Å². The van der Waals surface area contributed by atoms with Crippen LogP contribution in [0.5, 0.6) is 0 Å². The van der Waals surface area contributed by atoms with Crippen LogP contribution in [0.2, 0.25) is 0 Å². The average Bonchev–Trinajstić information content (AvgIpc) is 3.13. The van der Waals surface area contributed by atoms with Gasteiger partial charge in [-0.3, -0.25) is 28.8 Å². The standard InChI is InChI=1S/C40H47N5O10/c1-21-22(2)36(51)33(23(3)35(21)50)40(7,8)18-31(48)43-29-16-14-28(15-17-29)38(27-12-10-9-11-13-27)55-39-34(44-32(49)19-42-45-41)24(4)37(53-26(6)47)30(54-39)20-52-25(5)46/h9-17,24,30,34,37-39H,18-20H2,1-8H3,(H,43,48)(H,44,49). The van der Waals surface area contributed by atoms with Crippen LogP contribution in [0, 0.1) is 11.3 Å². The third kappa shape index (κ3) is 10.3. The highest BCUT2D eigenvalue weighted by Gasteiger charge is 2.48. The second-order valence-corrected chi connectivity index (χ2v) is 14.3. The maximum absolute atomic E-state index is 13.3. The van der Waals surface area contributed by atoms with Gasteiger partial charge in [-0.25, -0.2) is 0 Å². The fourth-order valence-corrected chi connectivity index (χ4v) is 6.93. The Morgan fingerprint density at radius 2 is 1.51 bits per heavy atom. The van der Waals surface area contributed by atoms with Crippen molar-refractivity contribution < 1.29 is 47.7 Å². The molecular weight excluding hydrogens is 710 g/mol. The van der Waals surface area contributed by atoms with Crippen LogP contribution in [0.1, 0.15) is 79.0 Å². The summed E-state index contributed by atoms with van der Waals surface area (Å²) in [6.07, 6.45) is -3.98. The van der Waals surface area contributed by atoms with Crippen LogP contribution in [0.4, 0.5) is 5.69 Å². The number of rotatable bonds is 14. The Balaban J connectivity index is 1.62. The van der Waals surface area contributed by atoms with Gasteiger partial charge in [0.15, 0.2) is 17.9 Å². The fourth-order valence-electron chi connectivity index (χ4n) is 6.93. The first-order valence-corrected chi connectivity index (χ1v) is 17.8. The molecule has 0 spiro atoms. The molecule has 1 aliphatic carbocycles. The summed E-state index contributed by atoms with van der Waals surface area (Å²) >= 11 is 0. The summed E-state index contributed by atoms with van der Waals surface area (Å²) in [4.78, 5) is 78.8. The number of carbonyl (C=O) groups is 6. The number of esters is 2. The minimum atomic E-state index is -1.20. The van der Waals surface area contributed by atoms with Gasteiger partial charge >= 0.3 is 11.9 Å². The van der Waals surface area contributed by atoms with Gasteiger partial charge in [-0.05, 0) is 49.6 Å². The number of carbonyl (C=O) groups excluding carboxylic acids is 6. The van der Waals surface area contributed by atoms with E-state index in [0.29, 0.717) is 39.1 Å². The van der Waals surface area contributed by atoms with Crippen LogP contribution in [0.25, 0.3) is 10.4 Å². The SMILES string of the molecule is CC(=O)OCC1OC(OC(c2ccccc2)c2ccc(NC(=O)CC(C)(C)C3=C(C)C(=O)C(C)=C(C)C3=O)cc2)C(NC(=O)CN=[N+]=[N-])C(C)C1OC(C)=O. The van der Waals surface area contributed by atoms with Crippen LogP contribution in [0.15, 0.2) is 82.0 Å². The largest absolute Gasteiger partial charge is 0.463 e. The van der Waals surface area contributed by atoms with Crippen LogP contribution >= 0.6 is 0 Å². The summed E-state index contributed by atoms with van der Waals surface area (Å²) in [6, 6.07) is 15.1. The number of hydrogen-bond donors (Lipinski definition) is 2. The molecule has 2 aliphatic rings. The lowest BCUT2D eigenvalue weighted by molar-refractivity contribution is -0.271. The predicted molar refractivity (Wildman–Crippen MR) is 200 cm³/mol. The van der Waals surface area contributed by atoms with Crippen molar-refractivity contribution >= 4 is 41.0 Å². The van der Waals surface area contributed by atoms with Gasteiger partial charge in [0, 0.05) is 64.5 Å². The Labute approximate surface area is 319 Å². The number of Topliss-reactive ketones (excluding diaryl/α,β-unsaturated/α-hetero) is 2. The van der Waals surface area contributed by atoms with Crippen molar-refractivity contribution in [2.24, 2.45) is 16.4 Å². The van der Waals surface area contributed by atoms with E-state index in [0.717, 1.165) is 0 Å². The molecule has 4 rings (SSSR count). The summed E-state index contributed by atoms with van der Waals surface area (Å²) in [5.74, 6) is -3.26. The molecule has 1 heterocycles. The van der Waals surface area contributed by atoms with Crippen molar-refractivity contribution in [3.63, 3.8) is 0 Å². The zero-order chi connectivity index (χ0) is 40.6. The van der Waals surface area contributed by atoms with E-state index in [2.05, 4.69) is 20.7 Å². The number of amides is 2. The number of azide groups is 1. The zero-order valence-electron chi connectivity index (χ0n) is 32.2. The summed E-state index contributed by atoms with van der Waals surface area (Å²) in [5, 5.41) is 9.02. The third-order valence-corrected chi connectivity index (χ3v) is 9.75. The highest BCUT2D eigenvalue weighted by molar-refractivity contribution is 6.25. The molecule has 6 unspecified atom stereocenters. The molecule has 0 radical (unpaired) electrons. The van der Waals surface area contributed by atoms with Gasteiger partial charge in [0.2, 0.25) is 11.8 Å². The lowest BCUT2D eigenvalue weighted by Crippen LogP contribution is -2.62. The average molecular weight is 758 g/mol. The molecule has 2 amide bonds. The van der Waals surface area contributed by atoms with E-state index in [1.54, 1.807) is 65.8 Å². The smallest absolute Gasteiger partial charge is 0.303 e. The molecular formula is C40H47N5O10. The number of benzene rings is 2. The van der Waals surface area contributed by atoms with E-state index in [1.165, 1.54) is 13.8 Å². The maximum Gasteiger partial charge on any atom is 0.303 e. The Hall–Kier alpha value is -5.63. The number of ether oxygens (including phenoxy) is 4. The minimum absolute atomic E-state index is 0.0602. The number of allylic oxidation sites excluding steroid dienone is 4. The lowest BCUT2D eigenvalue weighted by atomic mass is 9.71. The molecule has 292 valence electrons. The van der Waals surface area contributed by atoms with E-state index >= 15 is 0 Å². The Morgan fingerprint density at radius 1 is 0.891 bits per heavy atom. The van der Waals surface area contributed by atoms with Crippen molar-refractivity contribution in [1.29, 1.82) is 0 Å². The zero-order valence-corrected chi connectivity index (χ0v) is 32.2. The molecule has 1 saturated heterocycles. The molecule has 1 aliphatic heterocycles. The van der Waals surface area contributed by atoms with E-state index in [1.807, 2.05) is 30.3 Å². The molecule has 55 heavy (non-hydrogen) atoms. The highest BCUT2D eigenvalue weighted by Crippen LogP contribution is 2.39. The predicted octanol–water partition coefficient (Wildman–Crippen LogP) is 5.60. The molecule has 0 bridgehead atoms. The Bertz CT molecular complexity index is 1930.